The van der Waals surface area contributed by atoms with Crippen LogP contribution in [0.1, 0.15) is 36.8 Å². The van der Waals surface area contributed by atoms with Crippen molar-refractivity contribution in [2.75, 3.05) is 13.1 Å². The number of nitrogens with zero attached hydrogens (tertiary/aromatic N) is 2. The Morgan fingerprint density at radius 3 is 2.62 bits per heavy atom. The first-order valence-electron chi connectivity index (χ1n) is 9.70. The average molecular weight is 351 g/mol. The summed E-state index contributed by atoms with van der Waals surface area (Å²) in [5.74, 6) is 0.263. The standard InChI is InChI=1S/C21H25N3O2/c22-13-17-6-3-9-24(17)21(26)20-18(7-8-23-20)19(25)12-14-10-15-4-1-2-5-16(15)11-14/h1-2,4-5,14,17-18,20,23H,3,6-12H2/t17-,18?,20+/m0/s1. The highest BCUT2D eigenvalue weighted by molar-refractivity contribution is 5.92. The number of Topliss-reactive ketones (excluding diaryl/α,β-unsaturated/α-hetero) is 1. The van der Waals surface area contributed by atoms with E-state index in [-0.39, 0.29) is 23.7 Å². The van der Waals surface area contributed by atoms with Crippen LogP contribution >= 0.6 is 0 Å². The molecular weight excluding hydrogens is 326 g/mol. The summed E-state index contributed by atoms with van der Waals surface area (Å²) in [6, 6.07) is 9.87. The lowest BCUT2D eigenvalue weighted by atomic mass is 9.87. The summed E-state index contributed by atoms with van der Waals surface area (Å²) in [6.45, 7) is 1.33. The molecule has 136 valence electrons. The number of carbonyl (C=O) groups is 2. The van der Waals surface area contributed by atoms with Gasteiger partial charge >= 0.3 is 0 Å². The van der Waals surface area contributed by atoms with Gasteiger partial charge in [-0.25, -0.2) is 0 Å². The van der Waals surface area contributed by atoms with Gasteiger partial charge in [0, 0.05) is 18.9 Å². The van der Waals surface area contributed by atoms with Crippen LogP contribution in [0.25, 0.3) is 0 Å². The lowest BCUT2D eigenvalue weighted by molar-refractivity contribution is -0.137. The Kier molecular flexibility index (Phi) is 4.78. The van der Waals surface area contributed by atoms with Crippen molar-refractivity contribution in [1.82, 2.24) is 10.2 Å². The first-order chi connectivity index (χ1) is 12.7. The maximum atomic E-state index is 13.0. The normalized spacial score (nSPS) is 28.1. The third kappa shape index (κ3) is 3.14. The molecular formula is C21H25N3O2. The number of amides is 1. The molecule has 5 heteroatoms. The molecule has 2 fully saturated rings. The molecule has 3 atom stereocenters. The molecule has 1 amide bonds. The van der Waals surface area contributed by atoms with E-state index < -0.39 is 6.04 Å². The first kappa shape index (κ1) is 17.2. The van der Waals surface area contributed by atoms with E-state index in [1.807, 2.05) is 0 Å². The lowest BCUT2D eigenvalue weighted by Crippen LogP contribution is -2.49. The van der Waals surface area contributed by atoms with Gasteiger partial charge in [0.05, 0.1) is 12.1 Å². The Balaban J connectivity index is 1.40. The monoisotopic (exact) mass is 351 g/mol. The molecule has 1 aromatic carbocycles. The molecule has 1 aromatic rings. The molecule has 1 aliphatic carbocycles. The summed E-state index contributed by atoms with van der Waals surface area (Å²) >= 11 is 0. The van der Waals surface area contributed by atoms with Crippen LogP contribution < -0.4 is 5.32 Å². The van der Waals surface area contributed by atoms with Gasteiger partial charge in [-0.15, -0.1) is 0 Å². The molecule has 26 heavy (non-hydrogen) atoms. The van der Waals surface area contributed by atoms with Gasteiger partial charge in [0.15, 0.2) is 0 Å². The summed E-state index contributed by atoms with van der Waals surface area (Å²) in [4.78, 5) is 27.5. The fraction of sp³-hybridized carbons (Fsp3) is 0.571. The molecule has 0 radical (unpaired) electrons. The minimum atomic E-state index is -0.444. The minimum Gasteiger partial charge on any atom is -0.325 e. The molecule has 1 unspecified atom stereocenters. The fourth-order valence-corrected chi connectivity index (χ4v) is 4.88. The number of benzene rings is 1. The van der Waals surface area contributed by atoms with Gasteiger partial charge in [0.25, 0.3) is 0 Å². The van der Waals surface area contributed by atoms with E-state index in [9.17, 15) is 14.9 Å². The van der Waals surface area contributed by atoms with E-state index in [2.05, 4.69) is 35.7 Å². The molecule has 0 bridgehead atoms. The number of nitrogens with one attached hydrogen (secondary N) is 1. The number of hydrogen-bond acceptors (Lipinski definition) is 4. The Bertz CT molecular complexity index is 729. The number of likely N-dealkylation sites (tertiary alicyclic amines) is 1. The van der Waals surface area contributed by atoms with Crippen LogP contribution in [-0.2, 0) is 22.4 Å². The van der Waals surface area contributed by atoms with E-state index in [0.29, 0.717) is 25.4 Å². The van der Waals surface area contributed by atoms with Gasteiger partial charge in [-0.1, -0.05) is 24.3 Å². The van der Waals surface area contributed by atoms with Gasteiger partial charge in [-0.3, -0.25) is 9.59 Å². The second-order valence-corrected chi connectivity index (χ2v) is 7.86. The Hall–Kier alpha value is -2.19. The molecule has 5 nitrogen and oxygen atoms in total. The van der Waals surface area contributed by atoms with Crippen LogP contribution in [0.3, 0.4) is 0 Å². The summed E-state index contributed by atoms with van der Waals surface area (Å²) in [5, 5.41) is 12.5. The van der Waals surface area contributed by atoms with Crippen LogP contribution in [0.4, 0.5) is 0 Å². The molecule has 0 spiro atoms. The van der Waals surface area contributed by atoms with Crippen molar-refractivity contribution < 1.29 is 9.59 Å². The molecule has 2 heterocycles. The fourth-order valence-electron chi connectivity index (χ4n) is 4.88. The number of rotatable bonds is 4. The molecule has 2 saturated heterocycles. The zero-order valence-electron chi connectivity index (χ0n) is 15.0. The Labute approximate surface area is 154 Å². The van der Waals surface area contributed by atoms with Crippen molar-refractivity contribution >= 4 is 11.7 Å². The van der Waals surface area contributed by atoms with Gasteiger partial charge in [-0.2, -0.15) is 5.26 Å². The number of nitriles is 1. The Morgan fingerprint density at radius 2 is 1.92 bits per heavy atom. The van der Waals surface area contributed by atoms with Gasteiger partial charge in [0.1, 0.15) is 11.8 Å². The van der Waals surface area contributed by atoms with Crippen molar-refractivity contribution in [3.05, 3.63) is 35.4 Å². The lowest BCUT2D eigenvalue weighted by Gasteiger charge is -2.26. The highest BCUT2D eigenvalue weighted by Gasteiger charge is 2.42. The van der Waals surface area contributed by atoms with E-state index in [4.69, 9.17) is 0 Å². The molecule has 1 N–H and O–H groups in total. The van der Waals surface area contributed by atoms with Crippen molar-refractivity contribution in [3.63, 3.8) is 0 Å². The van der Waals surface area contributed by atoms with Crippen LogP contribution in [0.2, 0.25) is 0 Å². The van der Waals surface area contributed by atoms with Crippen molar-refractivity contribution in [1.29, 1.82) is 5.26 Å². The maximum Gasteiger partial charge on any atom is 0.241 e. The van der Waals surface area contributed by atoms with Crippen LogP contribution in [0.5, 0.6) is 0 Å². The average Bonchev–Trinajstić information content (AvgIpc) is 3.38. The number of fused-ring (bicyclic) bond motifs is 1. The Morgan fingerprint density at radius 1 is 1.19 bits per heavy atom. The summed E-state index contributed by atoms with van der Waals surface area (Å²) in [7, 11) is 0. The third-order valence-electron chi connectivity index (χ3n) is 6.21. The van der Waals surface area contributed by atoms with E-state index in [1.165, 1.54) is 11.1 Å². The predicted octanol–water partition coefficient (Wildman–Crippen LogP) is 1.85. The SMILES string of the molecule is N#C[C@@H]1CCCN1C(=O)[C@@H]1NCCC1C(=O)CC1Cc2ccccc2C1. The molecule has 4 rings (SSSR count). The number of hydrogen-bond donors (Lipinski definition) is 1. The van der Waals surface area contributed by atoms with Gasteiger partial charge < -0.3 is 10.2 Å². The van der Waals surface area contributed by atoms with E-state index in [1.54, 1.807) is 4.90 Å². The number of carbonyl (C=O) groups excluding carboxylic acids is 2. The van der Waals surface area contributed by atoms with Crippen molar-refractivity contribution in [2.24, 2.45) is 11.8 Å². The third-order valence-corrected chi connectivity index (χ3v) is 6.21. The highest BCUT2D eigenvalue weighted by Crippen LogP contribution is 2.31. The van der Waals surface area contributed by atoms with Gasteiger partial charge in [-0.05, 0) is 55.7 Å². The van der Waals surface area contributed by atoms with Crippen molar-refractivity contribution in [3.8, 4) is 6.07 Å². The second kappa shape index (κ2) is 7.20. The number of ketones is 1. The maximum absolute atomic E-state index is 13.0. The first-order valence-corrected chi connectivity index (χ1v) is 9.70. The van der Waals surface area contributed by atoms with Crippen LogP contribution in [0.15, 0.2) is 24.3 Å². The van der Waals surface area contributed by atoms with Gasteiger partial charge in [0.2, 0.25) is 5.91 Å². The van der Waals surface area contributed by atoms with Crippen LogP contribution in [0, 0.1) is 23.2 Å². The molecule has 0 saturated carbocycles. The topological polar surface area (TPSA) is 73.2 Å². The van der Waals surface area contributed by atoms with E-state index >= 15 is 0 Å². The molecule has 3 aliphatic rings. The summed E-state index contributed by atoms with van der Waals surface area (Å²) in [6.07, 6.45) is 4.81. The summed E-state index contributed by atoms with van der Waals surface area (Å²) < 4.78 is 0. The van der Waals surface area contributed by atoms with Crippen molar-refractivity contribution in [2.45, 2.75) is 50.6 Å². The minimum absolute atomic E-state index is 0.0559. The molecule has 0 aromatic heterocycles. The van der Waals surface area contributed by atoms with Crippen LogP contribution in [-0.4, -0.2) is 41.8 Å². The largest absolute Gasteiger partial charge is 0.325 e. The quantitative estimate of drug-likeness (QED) is 0.898. The predicted molar refractivity (Wildman–Crippen MR) is 97.2 cm³/mol. The zero-order valence-corrected chi connectivity index (χ0v) is 15.0. The zero-order chi connectivity index (χ0) is 18.1. The smallest absolute Gasteiger partial charge is 0.241 e. The highest BCUT2D eigenvalue weighted by atomic mass is 16.2. The second-order valence-electron chi connectivity index (χ2n) is 7.86. The van der Waals surface area contributed by atoms with E-state index in [0.717, 1.165) is 32.1 Å². The summed E-state index contributed by atoms with van der Waals surface area (Å²) in [5.41, 5.74) is 2.72. The molecule has 2 aliphatic heterocycles.